The number of aromatic amines is 1. The molecule has 2 heterocycles. The predicted octanol–water partition coefficient (Wildman–Crippen LogP) is 2.31. The lowest BCUT2D eigenvalue weighted by molar-refractivity contribution is -0.0494. The number of nitrogens with one attached hydrogen (secondary N) is 1. The van der Waals surface area contributed by atoms with Crippen LogP contribution in [0.4, 0.5) is 8.78 Å². The highest BCUT2D eigenvalue weighted by Crippen LogP contribution is 2.28. The Kier molecular flexibility index (Phi) is 3.94. The number of amides is 1. The van der Waals surface area contributed by atoms with Gasteiger partial charge in [-0.2, -0.15) is 0 Å². The van der Waals surface area contributed by atoms with Crippen molar-refractivity contribution in [3.63, 3.8) is 0 Å². The van der Waals surface area contributed by atoms with Gasteiger partial charge in [-0.3, -0.25) is 4.79 Å². The molecule has 5 nitrogen and oxygen atoms in total. The molecule has 1 aromatic heterocycles. The van der Waals surface area contributed by atoms with E-state index in [1.54, 1.807) is 30.5 Å². The fourth-order valence-corrected chi connectivity index (χ4v) is 2.52. The van der Waals surface area contributed by atoms with Gasteiger partial charge >= 0.3 is 5.69 Å². The second kappa shape index (κ2) is 5.91. The van der Waals surface area contributed by atoms with Crippen molar-refractivity contribution in [2.45, 2.75) is 18.8 Å². The maximum Gasteiger partial charge on any atom is 0.344 e. The van der Waals surface area contributed by atoms with Crippen LogP contribution in [0, 0.1) is 0 Å². The number of H-pyrrole nitrogens is 1. The Morgan fingerprint density at radius 2 is 1.78 bits per heavy atom. The number of hydrogen-bond acceptors (Lipinski definition) is 3. The summed E-state index contributed by atoms with van der Waals surface area (Å²) in [5, 5.41) is 0. The third-order valence-electron chi connectivity index (χ3n) is 3.92. The fourth-order valence-electron chi connectivity index (χ4n) is 2.52. The lowest BCUT2D eigenvalue weighted by Gasteiger charge is -2.31. The Bertz CT molecular complexity index is 741. The van der Waals surface area contributed by atoms with Crippen LogP contribution in [0.25, 0.3) is 11.1 Å². The van der Waals surface area contributed by atoms with Crippen LogP contribution in [0.15, 0.2) is 41.5 Å². The highest BCUT2D eigenvalue weighted by atomic mass is 19.3. The Labute approximate surface area is 131 Å². The number of aromatic nitrogens is 2. The van der Waals surface area contributed by atoms with E-state index in [4.69, 9.17) is 0 Å². The summed E-state index contributed by atoms with van der Waals surface area (Å²) in [7, 11) is 0. The average molecular weight is 319 g/mol. The van der Waals surface area contributed by atoms with Crippen LogP contribution < -0.4 is 5.69 Å². The molecule has 1 fully saturated rings. The third-order valence-corrected chi connectivity index (χ3v) is 3.92. The van der Waals surface area contributed by atoms with Crippen LogP contribution in [0.2, 0.25) is 0 Å². The van der Waals surface area contributed by atoms with Gasteiger partial charge in [0.15, 0.2) is 0 Å². The molecule has 1 amide bonds. The van der Waals surface area contributed by atoms with Gasteiger partial charge in [-0.15, -0.1) is 0 Å². The number of halogens is 2. The minimum Gasteiger partial charge on any atom is -0.338 e. The molecule has 0 spiro atoms. The first-order valence-corrected chi connectivity index (χ1v) is 7.27. The summed E-state index contributed by atoms with van der Waals surface area (Å²) in [5.74, 6) is -2.91. The number of carbonyl (C=O) groups is 1. The standard InChI is InChI=1S/C16H15F2N3O2/c17-16(18)5-7-21(8-6-16)14(22)12-3-1-11(2-4-12)13-9-19-15(23)20-10-13/h1-4,9-10H,5-8H2,(H,19,20,23). The number of carbonyl (C=O) groups excluding carboxylic acids is 1. The molecule has 0 aliphatic carbocycles. The summed E-state index contributed by atoms with van der Waals surface area (Å²) in [6.45, 7) is 0.134. The highest BCUT2D eigenvalue weighted by Gasteiger charge is 2.35. The van der Waals surface area contributed by atoms with Gasteiger partial charge in [0.25, 0.3) is 11.8 Å². The number of benzene rings is 1. The molecule has 7 heteroatoms. The summed E-state index contributed by atoms with van der Waals surface area (Å²) >= 11 is 0. The molecule has 1 aromatic carbocycles. The maximum absolute atomic E-state index is 13.1. The molecule has 0 radical (unpaired) electrons. The van der Waals surface area contributed by atoms with Crippen LogP contribution in [-0.2, 0) is 0 Å². The average Bonchev–Trinajstić information content (AvgIpc) is 2.55. The molecule has 1 aliphatic heterocycles. The Morgan fingerprint density at radius 1 is 1.13 bits per heavy atom. The predicted molar refractivity (Wildman–Crippen MR) is 80.4 cm³/mol. The first-order valence-electron chi connectivity index (χ1n) is 7.27. The van der Waals surface area contributed by atoms with Gasteiger partial charge in [-0.25, -0.2) is 18.6 Å². The van der Waals surface area contributed by atoms with Gasteiger partial charge in [0.1, 0.15) is 0 Å². The largest absolute Gasteiger partial charge is 0.344 e. The second-order valence-electron chi connectivity index (χ2n) is 5.53. The number of nitrogens with zero attached hydrogens (tertiary/aromatic N) is 2. The number of rotatable bonds is 2. The first-order chi connectivity index (χ1) is 10.9. The van der Waals surface area contributed by atoms with Crippen molar-refractivity contribution in [3.05, 3.63) is 52.7 Å². The van der Waals surface area contributed by atoms with E-state index < -0.39 is 11.6 Å². The van der Waals surface area contributed by atoms with Crippen LogP contribution in [0.3, 0.4) is 0 Å². The van der Waals surface area contributed by atoms with E-state index in [-0.39, 0.29) is 31.8 Å². The highest BCUT2D eigenvalue weighted by molar-refractivity contribution is 5.94. The maximum atomic E-state index is 13.1. The van der Waals surface area contributed by atoms with Gasteiger partial charge in [-0.1, -0.05) is 12.1 Å². The van der Waals surface area contributed by atoms with E-state index in [0.29, 0.717) is 5.56 Å². The topological polar surface area (TPSA) is 66.1 Å². The Morgan fingerprint density at radius 3 is 2.35 bits per heavy atom. The first kappa shape index (κ1) is 15.3. The minimum atomic E-state index is -2.67. The van der Waals surface area contributed by atoms with Gasteiger partial charge in [0, 0.05) is 49.5 Å². The minimum absolute atomic E-state index is 0.0669. The third kappa shape index (κ3) is 3.44. The van der Waals surface area contributed by atoms with Gasteiger partial charge in [0.2, 0.25) is 0 Å². The van der Waals surface area contributed by atoms with Crippen LogP contribution in [0.5, 0.6) is 0 Å². The van der Waals surface area contributed by atoms with Crippen molar-refractivity contribution in [1.82, 2.24) is 14.9 Å². The van der Waals surface area contributed by atoms with E-state index >= 15 is 0 Å². The second-order valence-corrected chi connectivity index (χ2v) is 5.53. The lowest BCUT2D eigenvalue weighted by Crippen LogP contribution is -2.42. The van der Waals surface area contributed by atoms with E-state index in [9.17, 15) is 18.4 Å². The number of likely N-dealkylation sites (tertiary alicyclic amines) is 1. The van der Waals surface area contributed by atoms with Gasteiger partial charge in [-0.05, 0) is 17.7 Å². The number of piperidine rings is 1. The molecule has 0 saturated carbocycles. The molecule has 1 N–H and O–H groups in total. The number of alkyl halides is 2. The van der Waals surface area contributed by atoms with Crippen molar-refractivity contribution in [1.29, 1.82) is 0 Å². The van der Waals surface area contributed by atoms with Crippen molar-refractivity contribution in [2.75, 3.05) is 13.1 Å². The summed E-state index contributed by atoms with van der Waals surface area (Å²) in [6.07, 6.45) is 2.40. The smallest absolute Gasteiger partial charge is 0.338 e. The van der Waals surface area contributed by atoms with E-state index in [2.05, 4.69) is 9.97 Å². The SMILES string of the molecule is O=C(c1ccc(-c2cnc(=O)[nH]c2)cc1)N1CCC(F)(F)CC1. The molecule has 0 bridgehead atoms. The molecular formula is C16H15F2N3O2. The van der Waals surface area contributed by atoms with Crippen LogP contribution >= 0.6 is 0 Å². The zero-order valence-electron chi connectivity index (χ0n) is 12.3. The quantitative estimate of drug-likeness (QED) is 0.924. The van der Waals surface area contributed by atoms with Gasteiger partial charge in [0.05, 0.1) is 0 Å². The van der Waals surface area contributed by atoms with Crippen molar-refractivity contribution < 1.29 is 13.6 Å². The monoisotopic (exact) mass is 319 g/mol. The van der Waals surface area contributed by atoms with E-state index in [0.717, 1.165) is 11.1 Å². The number of hydrogen-bond donors (Lipinski definition) is 1. The zero-order valence-corrected chi connectivity index (χ0v) is 12.3. The lowest BCUT2D eigenvalue weighted by atomic mass is 10.0. The summed E-state index contributed by atoms with van der Waals surface area (Å²) in [6, 6.07) is 6.77. The van der Waals surface area contributed by atoms with Crippen LogP contribution in [-0.4, -0.2) is 39.8 Å². The summed E-state index contributed by atoms with van der Waals surface area (Å²) < 4.78 is 26.3. The Hall–Kier alpha value is -2.57. The normalized spacial score (nSPS) is 17.0. The van der Waals surface area contributed by atoms with Crippen molar-refractivity contribution in [3.8, 4) is 11.1 Å². The molecular weight excluding hydrogens is 304 g/mol. The molecule has 0 atom stereocenters. The molecule has 0 unspecified atom stereocenters. The molecule has 1 aliphatic rings. The van der Waals surface area contributed by atoms with E-state index in [1.165, 1.54) is 11.1 Å². The molecule has 3 rings (SSSR count). The molecule has 120 valence electrons. The van der Waals surface area contributed by atoms with Gasteiger partial charge < -0.3 is 9.88 Å². The molecule has 23 heavy (non-hydrogen) atoms. The zero-order chi connectivity index (χ0) is 16.4. The van der Waals surface area contributed by atoms with Crippen molar-refractivity contribution in [2.24, 2.45) is 0 Å². The van der Waals surface area contributed by atoms with Crippen molar-refractivity contribution >= 4 is 5.91 Å². The fraction of sp³-hybridized carbons (Fsp3) is 0.312. The molecule has 2 aromatic rings. The Balaban J connectivity index is 1.73. The summed E-state index contributed by atoms with van der Waals surface area (Å²) in [5.41, 5.74) is 1.55. The summed E-state index contributed by atoms with van der Waals surface area (Å²) in [4.78, 5) is 30.8. The van der Waals surface area contributed by atoms with E-state index in [1.807, 2.05) is 0 Å². The van der Waals surface area contributed by atoms with Crippen LogP contribution in [0.1, 0.15) is 23.2 Å². The molecule has 1 saturated heterocycles.